The average molecular weight is 406 g/mol. The molecule has 0 saturated carbocycles. The zero-order valence-electron chi connectivity index (χ0n) is 17.4. The fourth-order valence-corrected chi connectivity index (χ4v) is 4.32. The molecule has 156 valence electrons. The molecule has 6 nitrogen and oxygen atoms in total. The summed E-state index contributed by atoms with van der Waals surface area (Å²) in [7, 11) is 0. The second-order valence-electron chi connectivity index (χ2n) is 7.81. The first kappa shape index (κ1) is 20.1. The number of amides is 3. The molecule has 3 amide bonds. The highest BCUT2D eigenvalue weighted by Gasteiger charge is 2.36. The van der Waals surface area contributed by atoms with E-state index in [-0.39, 0.29) is 36.7 Å². The lowest BCUT2D eigenvalue weighted by atomic mass is 10.0. The number of nitrogens with zero attached hydrogens (tertiary/aromatic N) is 2. The monoisotopic (exact) mass is 406 g/mol. The van der Waals surface area contributed by atoms with Crippen LogP contribution in [0.2, 0.25) is 0 Å². The number of likely N-dealkylation sites (tertiary alicyclic amines) is 1. The Morgan fingerprint density at radius 1 is 1.07 bits per heavy atom. The van der Waals surface area contributed by atoms with Crippen molar-refractivity contribution < 1.29 is 19.1 Å². The highest BCUT2D eigenvalue weighted by Crippen LogP contribution is 2.33. The summed E-state index contributed by atoms with van der Waals surface area (Å²) in [5, 5.41) is 0. The molecule has 2 heterocycles. The van der Waals surface area contributed by atoms with Crippen LogP contribution in [0, 0.1) is 6.92 Å². The summed E-state index contributed by atoms with van der Waals surface area (Å²) in [5.41, 5.74) is 2.87. The van der Waals surface area contributed by atoms with Crippen molar-refractivity contribution in [3.8, 4) is 5.75 Å². The van der Waals surface area contributed by atoms with Gasteiger partial charge in [-0.1, -0.05) is 23.8 Å². The van der Waals surface area contributed by atoms with Gasteiger partial charge in [-0.3, -0.25) is 19.3 Å². The molecule has 0 aromatic heterocycles. The number of hydrogen-bond donors (Lipinski definition) is 0. The first-order valence-corrected chi connectivity index (χ1v) is 10.5. The van der Waals surface area contributed by atoms with E-state index in [4.69, 9.17) is 4.74 Å². The number of aryl methyl sites for hydroxylation is 1. The van der Waals surface area contributed by atoms with Crippen LogP contribution in [0.3, 0.4) is 0 Å². The number of hydrogen-bond acceptors (Lipinski definition) is 4. The molecule has 30 heavy (non-hydrogen) atoms. The van der Waals surface area contributed by atoms with Crippen LogP contribution in [-0.2, 0) is 4.79 Å². The molecule has 1 saturated heterocycles. The van der Waals surface area contributed by atoms with Crippen LogP contribution in [0.25, 0.3) is 0 Å². The molecule has 4 rings (SSSR count). The Bertz CT molecular complexity index is 983. The standard InChI is InChI=1S/C24H26N2O4/c1-3-30-18-9-7-17(8-10-18)21-5-4-13-25(21)22(27)12-14-26-23(28)19-11-6-16(2)15-20(19)24(26)29/h6-11,15,21H,3-5,12-14H2,1-2H3. The topological polar surface area (TPSA) is 66.9 Å². The molecule has 2 aliphatic rings. The smallest absolute Gasteiger partial charge is 0.261 e. The van der Waals surface area contributed by atoms with Gasteiger partial charge in [0.25, 0.3) is 11.8 Å². The van der Waals surface area contributed by atoms with Gasteiger partial charge in [0.1, 0.15) is 5.75 Å². The van der Waals surface area contributed by atoms with Gasteiger partial charge in [0, 0.05) is 19.5 Å². The molecule has 6 heteroatoms. The predicted octanol–water partition coefficient (Wildman–Crippen LogP) is 3.74. The van der Waals surface area contributed by atoms with Gasteiger partial charge in [-0.2, -0.15) is 0 Å². The predicted molar refractivity (Wildman–Crippen MR) is 112 cm³/mol. The molecule has 0 radical (unpaired) electrons. The molecule has 0 aliphatic carbocycles. The van der Waals surface area contributed by atoms with E-state index < -0.39 is 0 Å². The number of carbonyl (C=O) groups excluding carboxylic acids is 3. The normalized spacial score (nSPS) is 18.1. The van der Waals surface area contributed by atoms with Crippen LogP contribution in [0.15, 0.2) is 42.5 Å². The number of rotatable bonds is 6. The minimum atomic E-state index is -0.313. The Hall–Kier alpha value is -3.15. The van der Waals surface area contributed by atoms with Crippen LogP contribution in [-0.4, -0.2) is 47.2 Å². The van der Waals surface area contributed by atoms with Gasteiger partial charge in [0.05, 0.1) is 23.8 Å². The summed E-state index contributed by atoms with van der Waals surface area (Å²) in [6.07, 6.45) is 1.99. The molecule has 1 fully saturated rings. The van der Waals surface area contributed by atoms with Gasteiger partial charge < -0.3 is 9.64 Å². The van der Waals surface area contributed by atoms with Gasteiger partial charge in [-0.25, -0.2) is 0 Å². The SMILES string of the molecule is CCOc1ccc(C2CCCN2C(=O)CCN2C(=O)c3ccc(C)cc3C2=O)cc1. The maximum atomic E-state index is 12.9. The van der Waals surface area contributed by atoms with E-state index in [0.717, 1.165) is 29.7 Å². The van der Waals surface area contributed by atoms with Crippen molar-refractivity contribution >= 4 is 17.7 Å². The largest absolute Gasteiger partial charge is 0.494 e. The van der Waals surface area contributed by atoms with Crippen molar-refractivity contribution in [2.24, 2.45) is 0 Å². The molecular formula is C24H26N2O4. The van der Waals surface area contributed by atoms with Gasteiger partial charge >= 0.3 is 0 Å². The Kier molecular flexibility index (Phi) is 5.57. The summed E-state index contributed by atoms with van der Waals surface area (Å²) in [6, 6.07) is 13.2. The van der Waals surface area contributed by atoms with E-state index >= 15 is 0 Å². The lowest BCUT2D eigenvalue weighted by molar-refractivity contribution is -0.132. The third kappa shape index (κ3) is 3.70. The van der Waals surface area contributed by atoms with E-state index in [1.165, 1.54) is 4.90 Å². The second-order valence-corrected chi connectivity index (χ2v) is 7.81. The molecule has 0 bridgehead atoms. The minimum Gasteiger partial charge on any atom is -0.494 e. The van der Waals surface area contributed by atoms with Crippen LogP contribution in [0.4, 0.5) is 0 Å². The molecular weight excluding hydrogens is 380 g/mol. The quantitative estimate of drug-likeness (QED) is 0.686. The van der Waals surface area contributed by atoms with Crippen LogP contribution >= 0.6 is 0 Å². The summed E-state index contributed by atoms with van der Waals surface area (Å²) < 4.78 is 5.50. The maximum Gasteiger partial charge on any atom is 0.261 e. The van der Waals surface area contributed by atoms with E-state index in [0.29, 0.717) is 24.3 Å². The fourth-order valence-electron chi connectivity index (χ4n) is 4.32. The average Bonchev–Trinajstić information content (AvgIpc) is 3.31. The molecule has 1 unspecified atom stereocenters. The van der Waals surface area contributed by atoms with Crippen LogP contribution < -0.4 is 4.74 Å². The molecule has 0 spiro atoms. The minimum absolute atomic E-state index is 0.0259. The Labute approximate surface area is 176 Å². The number of fused-ring (bicyclic) bond motifs is 1. The number of carbonyl (C=O) groups is 3. The fraction of sp³-hybridized carbons (Fsp3) is 0.375. The molecule has 2 aromatic carbocycles. The van der Waals surface area contributed by atoms with Crippen LogP contribution in [0.1, 0.15) is 64.1 Å². The van der Waals surface area contributed by atoms with Gasteiger partial charge in [0.15, 0.2) is 0 Å². The summed E-state index contributed by atoms with van der Waals surface area (Å²) >= 11 is 0. The third-order valence-electron chi connectivity index (χ3n) is 5.82. The zero-order chi connectivity index (χ0) is 21.3. The Morgan fingerprint density at radius 2 is 1.80 bits per heavy atom. The molecule has 2 aliphatic heterocycles. The number of benzene rings is 2. The molecule has 0 N–H and O–H groups in total. The van der Waals surface area contributed by atoms with E-state index in [1.807, 2.05) is 49.1 Å². The number of ether oxygens (including phenoxy) is 1. The zero-order valence-corrected chi connectivity index (χ0v) is 17.4. The van der Waals surface area contributed by atoms with E-state index in [9.17, 15) is 14.4 Å². The van der Waals surface area contributed by atoms with Crippen molar-refractivity contribution in [3.05, 3.63) is 64.7 Å². The summed E-state index contributed by atoms with van der Waals surface area (Å²) in [5.74, 6) is 0.167. The highest BCUT2D eigenvalue weighted by molar-refractivity contribution is 6.21. The first-order valence-electron chi connectivity index (χ1n) is 10.5. The first-order chi connectivity index (χ1) is 14.5. The molecule has 1 atom stereocenters. The second kappa shape index (κ2) is 8.30. The van der Waals surface area contributed by atoms with Gasteiger partial charge in [-0.05, 0) is 56.5 Å². The van der Waals surface area contributed by atoms with Crippen molar-refractivity contribution in [1.29, 1.82) is 0 Å². The van der Waals surface area contributed by atoms with E-state index in [1.54, 1.807) is 12.1 Å². The van der Waals surface area contributed by atoms with E-state index in [2.05, 4.69) is 0 Å². The third-order valence-corrected chi connectivity index (χ3v) is 5.82. The summed E-state index contributed by atoms with van der Waals surface area (Å²) in [6.45, 7) is 5.25. The van der Waals surface area contributed by atoms with Crippen molar-refractivity contribution in [2.75, 3.05) is 19.7 Å². The Balaban J connectivity index is 1.41. The maximum absolute atomic E-state index is 12.9. The number of imide groups is 1. The van der Waals surface area contributed by atoms with Crippen LogP contribution in [0.5, 0.6) is 5.75 Å². The van der Waals surface area contributed by atoms with Gasteiger partial charge in [0.2, 0.25) is 5.91 Å². The van der Waals surface area contributed by atoms with Crippen molar-refractivity contribution in [1.82, 2.24) is 9.80 Å². The lowest BCUT2D eigenvalue weighted by Gasteiger charge is -2.26. The molecule has 2 aromatic rings. The Morgan fingerprint density at radius 3 is 2.53 bits per heavy atom. The highest BCUT2D eigenvalue weighted by atomic mass is 16.5. The lowest BCUT2D eigenvalue weighted by Crippen LogP contribution is -2.36. The summed E-state index contributed by atoms with van der Waals surface area (Å²) in [4.78, 5) is 41.2. The van der Waals surface area contributed by atoms with Crippen molar-refractivity contribution in [2.45, 2.75) is 39.2 Å². The van der Waals surface area contributed by atoms with Gasteiger partial charge in [-0.15, -0.1) is 0 Å². The van der Waals surface area contributed by atoms with Crippen molar-refractivity contribution in [3.63, 3.8) is 0 Å².